The minimum atomic E-state index is 0. The molecule has 4 rings (SSSR count). The SMILES string of the molecule is Cl.c1ccc(-c2ccc(CC3NCCc4ccccc43)cc2)cc1. The van der Waals surface area contributed by atoms with Gasteiger partial charge in [0.25, 0.3) is 0 Å². The Hall–Kier alpha value is -2.09. The monoisotopic (exact) mass is 335 g/mol. The topological polar surface area (TPSA) is 12.0 Å². The van der Waals surface area contributed by atoms with Crippen LogP contribution in [-0.4, -0.2) is 6.54 Å². The minimum absolute atomic E-state index is 0. The van der Waals surface area contributed by atoms with E-state index < -0.39 is 0 Å². The first-order valence-corrected chi connectivity index (χ1v) is 8.36. The summed E-state index contributed by atoms with van der Waals surface area (Å²) in [6.07, 6.45) is 2.19. The van der Waals surface area contributed by atoms with Crippen molar-refractivity contribution in [1.82, 2.24) is 5.32 Å². The summed E-state index contributed by atoms with van der Waals surface area (Å²) in [6.45, 7) is 1.07. The molecule has 1 aliphatic rings. The molecule has 1 unspecified atom stereocenters. The molecule has 1 N–H and O–H groups in total. The van der Waals surface area contributed by atoms with E-state index in [4.69, 9.17) is 0 Å². The van der Waals surface area contributed by atoms with E-state index in [0.717, 1.165) is 19.4 Å². The molecule has 0 fully saturated rings. The second-order valence-electron chi connectivity index (χ2n) is 6.22. The average molecular weight is 336 g/mol. The first kappa shape index (κ1) is 16.8. The molecule has 0 spiro atoms. The molecule has 1 atom stereocenters. The van der Waals surface area contributed by atoms with Crippen LogP contribution in [-0.2, 0) is 12.8 Å². The highest BCUT2D eigenvalue weighted by Gasteiger charge is 2.19. The largest absolute Gasteiger partial charge is 0.309 e. The van der Waals surface area contributed by atoms with Crippen molar-refractivity contribution in [2.45, 2.75) is 18.9 Å². The van der Waals surface area contributed by atoms with E-state index in [1.54, 1.807) is 0 Å². The Morgan fingerprint density at radius 1 is 0.750 bits per heavy atom. The maximum absolute atomic E-state index is 3.67. The summed E-state index contributed by atoms with van der Waals surface area (Å²) in [7, 11) is 0. The molecule has 122 valence electrons. The Morgan fingerprint density at radius 2 is 1.42 bits per heavy atom. The fraction of sp³-hybridized carbons (Fsp3) is 0.182. The summed E-state index contributed by atoms with van der Waals surface area (Å²) < 4.78 is 0. The van der Waals surface area contributed by atoms with Crippen molar-refractivity contribution in [1.29, 1.82) is 0 Å². The Morgan fingerprint density at radius 3 is 2.21 bits per heavy atom. The fourth-order valence-corrected chi connectivity index (χ4v) is 3.47. The maximum Gasteiger partial charge on any atom is 0.0363 e. The molecular formula is C22H22ClN. The molecule has 1 aliphatic heterocycles. The lowest BCUT2D eigenvalue weighted by Crippen LogP contribution is -2.31. The van der Waals surface area contributed by atoms with Gasteiger partial charge in [0.15, 0.2) is 0 Å². The van der Waals surface area contributed by atoms with Crippen LogP contribution in [0.15, 0.2) is 78.9 Å². The second-order valence-corrected chi connectivity index (χ2v) is 6.22. The minimum Gasteiger partial charge on any atom is -0.309 e. The average Bonchev–Trinajstić information content (AvgIpc) is 2.63. The van der Waals surface area contributed by atoms with Gasteiger partial charge >= 0.3 is 0 Å². The van der Waals surface area contributed by atoms with Gasteiger partial charge in [0.05, 0.1) is 0 Å². The molecule has 0 amide bonds. The van der Waals surface area contributed by atoms with Crippen LogP contribution in [0.25, 0.3) is 11.1 Å². The van der Waals surface area contributed by atoms with E-state index in [1.165, 1.54) is 27.8 Å². The van der Waals surface area contributed by atoms with Crippen molar-refractivity contribution in [3.63, 3.8) is 0 Å². The third-order valence-electron chi connectivity index (χ3n) is 4.72. The number of nitrogens with one attached hydrogen (secondary N) is 1. The lowest BCUT2D eigenvalue weighted by molar-refractivity contribution is 0.502. The van der Waals surface area contributed by atoms with Gasteiger partial charge in [0, 0.05) is 6.04 Å². The highest BCUT2D eigenvalue weighted by molar-refractivity contribution is 5.85. The quantitative estimate of drug-likeness (QED) is 0.693. The number of rotatable bonds is 3. The standard InChI is InChI=1S/C22H21N.ClH/c1-2-6-18(7-3-1)19-12-10-17(11-13-19)16-22-21-9-5-4-8-20(21)14-15-23-22;/h1-13,22-23H,14-16H2;1H. The zero-order valence-corrected chi connectivity index (χ0v) is 14.4. The molecule has 1 nitrogen and oxygen atoms in total. The lowest BCUT2D eigenvalue weighted by atomic mass is 9.90. The number of benzene rings is 3. The molecule has 3 aromatic carbocycles. The van der Waals surface area contributed by atoms with Gasteiger partial charge in [-0.2, -0.15) is 0 Å². The van der Waals surface area contributed by atoms with E-state index in [0.29, 0.717) is 6.04 Å². The van der Waals surface area contributed by atoms with Crippen molar-refractivity contribution >= 4 is 12.4 Å². The van der Waals surface area contributed by atoms with Crippen LogP contribution in [0.1, 0.15) is 22.7 Å². The number of halogens is 1. The lowest BCUT2D eigenvalue weighted by Gasteiger charge is -2.27. The van der Waals surface area contributed by atoms with Crippen molar-refractivity contribution < 1.29 is 0 Å². The molecule has 0 bridgehead atoms. The Balaban J connectivity index is 0.00000169. The van der Waals surface area contributed by atoms with Gasteiger partial charge in [0.2, 0.25) is 0 Å². The van der Waals surface area contributed by atoms with Crippen LogP contribution in [0.2, 0.25) is 0 Å². The predicted octanol–water partition coefficient (Wildman–Crippen LogP) is 5.20. The Kier molecular flexibility index (Phi) is 5.34. The van der Waals surface area contributed by atoms with Crippen LogP contribution >= 0.6 is 12.4 Å². The summed E-state index contributed by atoms with van der Waals surface area (Å²) >= 11 is 0. The zero-order chi connectivity index (χ0) is 15.5. The van der Waals surface area contributed by atoms with E-state index >= 15 is 0 Å². The predicted molar refractivity (Wildman–Crippen MR) is 104 cm³/mol. The second kappa shape index (κ2) is 7.65. The van der Waals surface area contributed by atoms with E-state index in [1.807, 2.05) is 0 Å². The highest BCUT2D eigenvalue weighted by atomic mass is 35.5. The van der Waals surface area contributed by atoms with Gasteiger partial charge in [-0.05, 0) is 47.2 Å². The summed E-state index contributed by atoms with van der Waals surface area (Å²) in [5, 5.41) is 3.67. The summed E-state index contributed by atoms with van der Waals surface area (Å²) in [5.41, 5.74) is 6.91. The van der Waals surface area contributed by atoms with Gasteiger partial charge in [-0.1, -0.05) is 78.9 Å². The third kappa shape index (κ3) is 3.53. The molecule has 0 saturated carbocycles. The van der Waals surface area contributed by atoms with Gasteiger partial charge in [-0.3, -0.25) is 0 Å². The number of hydrogen-bond acceptors (Lipinski definition) is 1. The Bertz CT molecular complexity index is 781. The smallest absolute Gasteiger partial charge is 0.0363 e. The van der Waals surface area contributed by atoms with Crippen molar-refractivity contribution in [2.75, 3.05) is 6.54 Å². The van der Waals surface area contributed by atoms with Crippen LogP contribution in [0, 0.1) is 0 Å². The number of hydrogen-bond donors (Lipinski definition) is 1. The fourth-order valence-electron chi connectivity index (χ4n) is 3.47. The molecule has 2 heteroatoms. The molecule has 3 aromatic rings. The van der Waals surface area contributed by atoms with Crippen LogP contribution in [0.5, 0.6) is 0 Å². The normalized spacial score (nSPS) is 16.1. The summed E-state index contributed by atoms with van der Waals surface area (Å²) in [6, 6.07) is 28.8. The van der Waals surface area contributed by atoms with Crippen LogP contribution in [0.3, 0.4) is 0 Å². The molecule has 0 aromatic heterocycles. The van der Waals surface area contributed by atoms with E-state index in [2.05, 4.69) is 84.2 Å². The van der Waals surface area contributed by atoms with Gasteiger partial charge < -0.3 is 5.32 Å². The molecule has 0 saturated heterocycles. The van der Waals surface area contributed by atoms with E-state index in [9.17, 15) is 0 Å². The van der Waals surface area contributed by atoms with Crippen molar-refractivity contribution in [3.8, 4) is 11.1 Å². The first-order chi connectivity index (χ1) is 11.4. The van der Waals surface area contributed by atoms with Crippen LogP contribution < -0.4 is 5.32 Å². The van der Waals surface area contributed by atoms with Crippen molar-refractivity contribution in [3.05, 3.63) is 95.6 Å². The molecular weight excluding hydrogens is 314 g/mol. The highest BCUT2D eigenvalue weighted by Crippen LogP contribution is 2.27. The number of fused-ring (bicyclic) bond motifs is 1. The van der Waals surface area contributed by atoms with Gasteiger partial charge in [-0.25, -0.2) is 0 Å². The van der Waals surface area contributed by atoms with E-state index in [-0.39, 0.29) is 12.4 Å². The Labute approximate surface area is 150 Å². The molecule has 0 radical (unpaired) electrons. The maximum atomic E-state index is 3.67. The molecule has 24 heavy (non-hydrogen) atoms. The van der Waals surface area contributed by atoms with Gasteiger partial charge in [-0.15, -0.1) is 12.4 Å². The van der Waals surface area contributed by atoms with Crippen LogP contribution in [0.4, 0.5) is 0 Å². The zero-order valence-electron chi connectivity index (χ0n) is 13.6. The first-order valence-electron chi connectivity index (χ1n) is 8.36. The molecule has 1 heterocycles. The van der Waals surface area contributed by atoms with Crippen molar-refractivity contribution in [2.24, 2.45) is 0 Å². The summed E-state index contributed by atoms with van der Waals surface area (Å²) in [4.78, 5) is 0. The third-order valence-corrected chi connectivity index (χ3v) is 4.72. The molecule has 0 aliphatic carbocycles. The summed E-state index contributed by atoms with van der Waals surface area (Å²) in [5.74, 6) is 0. The van der Waals surface area contributed by atoms with Gasteiger partial charge in [0.1, 0.15) is 0 Å².